The van der Waals surface area contributed by atoms with Gasteiger partial charge in [-0.2, -0.15) is 0 Å². The van der Waals surface area contributed by atoms with Gasteiger partial charge in [0, 0.05) is 18.8 Å². The van der Waals surface area contributed by atoms with Crippen molar-refractivity contribution in [3.8, 4) is 0 Å². The van der Waals surface area contributed by atoms with E-state index < -0.39 is 0 Å². The first-order valence-electron chi connectivity index (χ1n) is 9.48. The van der Waals surface area contributed by atoms with Crippen LogP contribution in [0.2, 0.25) is 0 Å². The number of nitrogens with zero attached hydrogens (tertiary/aromatic N) is 1. The standard InChI is InChI=1S/C22H26N2O/c25-22-21(18-11-5-2-6-12-18)24(15-17-9-3-1-4-10-17)16-19-13-7-8-14-20(19)23-22/h1,3-4,7-10,13-14,18,21H,2,5-6,11-12,15-16H2,(H,23,25). The largest absolute Gasteiger partial charge is 0.324 e. The van der Waals surface area contributed by atoms with E-state index in [1.165, 1.54) is 43.2 Å². The number of anilines is 1. The van der Waals surface area contributed by atoms with Crippen LogP contribution in [-0.4, -0.2) is 16.8 Å². The third-order valence-electron chi connectivity index (χ3n) is 5.64. The maximum Gasteiger partial charge on any atom is 0.242 e. The minimum Gasteiger partial charge on any atom is -0.324 e. The molecule has 1 unspecified atom stereocenters. The minimum absolute atomic E-state index is 0.0343. The smallest absolute Gasteiger partial charge is 0.242 e. The highest BCUT2D eigenvalue weighted by atomic mass is 16.2. The molecule has 0 radical (unpaired) electrons. The van der Waals surface area contributed by atoms with E-state index in [2.05, 4.69) is 46.6 Å². The Morgan fingerprint density at radius 2 is 1.64 bits per heavy atom. The molecule has 2 aromatic rings. The molecule has 3 heteroatoms. The van der Waals surface area contributed by atoms with Gasteiger partial charge in [0.2, 0.25) is 5.91 Å². The number of amides is 1. The van der Waals surface area contributed by atoms with E-state index in [4.69, 9.17) is 0 Å². The number of carbonyl (C=O) groups excluding carboxylic acids is 1. The Morgan fingerprint density at radius 3 is 2.44 bits per heavy atom. The quantitative estimate of drug-likeness (QED) is 0.890. The third-order valence-corrected chi connectivity index (χ3v) is 5.64. The highest BCUT2D eigenvalue weighted by molar-refractivity contribution is 5.96. The first-order chi connectivity index (χ1) is 12.3. The lowest BCUT2D eigenvalue weighted by Crippen LogP contribution is -2.47. The molecule has 2 aliphatic rings. The summed E-state index contributed by atoms with van der Waals surface area (Å²) in [5.41, 5.74) is 3.46. The highest BCUT2D eigenvalue weighted by Gasteiger charge is 2.36. The molecule has 1 fully saturated rings. The maximum atomic E-state index is 13.1. The van der Waals surface area contributed by atoms with E-state index in [0.717, 1.165) is 18.8 Å². The molecule has 1 amide bonds. The second kappa shape index (κ2) is 7.40. The van der Waals surface area contributed by atoms with Crippen LogP contribution in [0.1, 0.15) is 43.2 Å². The lowest BCUT2D eigenvalue weighted by Gasteiger charge is -2.36. The number of hydrogen-bond donors (Lipinski definition) is 1. The van der Waals surface area contributed by atoms with Gasteiger partial charge in [-0.3, -0.25) is 9.69 Å². The molecule has 0 saturated heterocycles. The SMILES string of the molecule is O=C1Nc2ccccc2CN(Cc2ccccc2)C1C1CCCCC1. The number of fused-ring (bicyclic) bond motifs is 1. The Hall–Kier alpha value is -2.13. The predicted molar refractivity (Wildman–Crippen MR) is 101 cm³/mol. The molecule has 1 aliphatic heterocycles. The fourth-order valence-corrected chi connectivity index (χ4v) is 4.40. The van der Waals surface area contributed by atoms with Gasteiger partial charge < -0.3 is 5.32 Å². The average molecular weight is 334 g/mol. The Balaban J connectivity index is 1.67. The second-order valence-electron chi connectivity index (χ2n) is 7.38. The molecule has 130 valence electrons. The van der Waals surface area contributed by atoms with Gasteiger partial charge in [0.25, 0.3) is 0 Å². The van der Waals surface area contributed by atoms with E-state index in [-0.39, 0.29) is 11.9 Å². The van der Waals surface area contributed by atoms with Gasteiger partial charge >= 0.3 is 0 Å². The number of hydrogen-bond acceptors (Lipinski definition) is 2. The Morgan fingerprint density at radius 1 is 0.920 bits per heavy atom. The van der Waals surface area contributed by atoms with Gasteiger partial charge in [-0.05, 0) is 36.0 Å². The molecule has 0 bridgehead atoms. The summed E-state index contributed by atoms with van der Waals surface area (Å²) in [6, 6.07) is 18.7. The summed E-state index contributed by atoms with van der Waals surface area (Å²) < 4.78 is 0. The van der Waals surface area contributed by atoms with E-state index in [9.17, 15) is 4.79 Å². The number of carbonyl (C=O) groups is 1. The minimum atomic E-state index is -0.0343. The molecule has 1 aliphatic carbocycles. The highest BCUT2D eigenvalue weighted by Crippen LogP contribution is 2.34. The monoisotopic (exact) mass is 334 g/mol. The van der Waals surface area contributed by atoms with Gasteiger partial charge in [-0.15, -0.1) is 0 Å². The van der Waals surface area contributed by atoms with E-state index in [1.807, 2.05) is 18.2 Å². The average Bonchev–Trinajstić information content (AvgIpc) is 2.78. The van der Waals surface area contributed by atoms with Crippen molar-refractivity contribution in [1.29, 1.82) is 0 Å². The number of rotatable bonds is 3. The number of nitrogens with one attached hydrogen (secondary N) is 1. The topological polar surface area (TPSA) is 32.3 Å². The molecule has 0 aromatic heterocycles. The molecule has 4 rings (SSSR count). The normalized spacial score (nSPS) is 22.1. The van der Waals surface area contributed by atoms with Crippen molar-refractivity contribution in [2.24, 2.45) is 5.92 Å². The molecule has 1 atom stereocenters. The van der Waals surface area contributed by atoms with Crippen LogP contribution >= 0.6 is 0 Å². The summed E-state index contributed by atoms with van der Waals surface area (Å²) in [6.07, 6.45) is 6.14. The van der Waals surface area contributed by atoms with Crippen molar-refractivity contribution >= 4 is 11.6 Å². The van der Waals surface area contributed by atoms with Crippen molar-refractivity contribution in [1.82, 2.24) is 4.90 Å². The van der Waals surface area contributed by atoms with Crippen LogP contribution in [0.25, 0.3) is 0 Å². The lowest BCUT2D eigenvalue weighted by atomic mass is 9.82. The summed E-state index contributed by atoms with van der Waals surface area (Å²) >= 11 is 0. The van der Waals surface area contributed by atoms with Crippen molar-refractivity contribution in [3.63, 3.8) is 0 Å². The first kappa shape index (κ1) is 16.3. The van der Waals surface area contributed by atoms with Gasteiger partial charge in [0.1, 0.15) is 0 Å². The van der Waals surface area contributed by atoms with Crippen molar-refractivity contribution in [3.05, 3.63) is 65.7 Å². The Labute approximate surface area is 150 Å². The van der Waals surface area contributed by atoms with Crippen LogP contribution in [0.4, 0.5) is 5.69 Å². The molecule has 1 heterocycles. The summed E-state index contributed by atoms with van der Waals surface area (Å²) in [7, 11) is 0. The van der Waals surface area contributed by atoms with Crippen LogP contribution in [0, 0.1) is 5.92 Å². The first-order valence-corrected chi connectivity index (χ1v) is 9.48. The zero-order valence-electron chi connectivity index (χ0n) is 14.7. The van der Waals surface area contributed by atoms with Gasteiger partial charge in [-0.1, -0.05) is 67.8 Å². The zero-order chi connectivity index (χ0) is 17.1. The van der Waals surface area contributed by atoms with Crippen LogP contribution in [-0.2, 0) is 17.9 Å². The van der Waals surface area contributed by atoms with E-state index in [0.29, 0.717) is 5.92 Å². The molecule has 2 aromatic carbocycles. The molecule has 1 N–H and O–H groups in total. The molecule has 1 saturated carbocycles. The van der Waals surface area contributed by atoms with E-state index in [1.54, 1.807) is 0 Å². The van der Waals surface area contributed by atoms with Crippen LogP contribution in [0.3, 0.4) is 0 Å². The summed E-state index contributed by atoms with van der Waals surface area (Å²) in [5.74, 6) is 0.638. The molecular formula is C22H26N2O. The molecule has 0 spiro atoms. The number of benzene rings is 2. The third kappa shape index (κ3) is 3.62. The van der Waals surface area contributed by atoms with Crippen molar-refractivity contribution < 1.29 is 4.79 Å². The summed E-state index contributed by atoms with van der Waals surface area (Å²) in [6.45, 7) is 1.65. The van der Waals surface area contributed by atoms with Crippen LogP contribution < -0.4 is 5.32 Å². The van der Waals surface area contributed by atoms with Crippen LogP contribution in [0.15, 0.2) is 54.6 Å². The predicted octanol–water partition coefficient (Wildman–Crippen LogP) is 4.59. The molecule has 3 nitrogen and oxygen atoms in total. The molecule has 25 heavy (non-hydrogen) atoms. The van der Waals surface area contributed by atoms with Gasteiger partial charge in [0.05, 0.1) is 6.04 Å². The van der Waals surface area contributed by atoms with E-state index >= 15 is 0 Å². The lowest BCUT2D eigenvalue weighted by molar-refractivity contribution is -0.124. The van der Waals surface area contributed by atoms with Gasteiger partial charge in [0.15, 0.2) is 0 Å². The second-order valence-corrected chi connectivity index (χ2v) is 7.38. The van der Waals surface area contributed by atoms with Crippen molar-refractivity contribution in [2.75, 3.05) is 5.32 Å². The summed E-state index contributed by atoms with van der Waals surface area (Å²) in [4.78, 5) is 15.5. The zero-order valence-corrected chi connectivity index (χ0v) is 14.7. The Kier molecular flexibility index (Phi) is 4.84. The summed E-state index contributed by atoms with van der Waals surface area (Å²) in [5, 5.41) is 3.20. The fourth-order valence-electron chi connectivity index (χ4n) is 4.40. The molecular weight excluding hydrogens is 308 g/mol. The fraction of sp³-hybridized carbons (Fsp3) is 0.409. The number of para-hydroxylation sites is 1. The van der Waals surface area contributed by atoms with Gasteiger partial charge in [-0.25, -0.2) is 0 Å². The van der Waals surface area contributed by atoms with Crippen LogP contribution in [0.5, 0.6) is 0 Å². The Bertz CT molecular complexity index is 722. The maximum absolute atomic E-state index is 13.1. The van der Waals surface area contributed by atoms with Crippen molar-refractivity contribution in [2.45, 2.75) is 51.2 Å².